The summed E-state index contributed by atoms with van der Waals surface area (Å²) in [6, 6.07) is 8.79. The van der Waals surface area contributed by atoms with Crippen molar-refractivity contribution in [2.45, 2.75) is 56.9 Å². The van der Waals surface area contributed by atoms with E-state index in [1.54, 1.807) is 0 Å². The highest BCUT2D eigenvalue weighted by atomic mass is 16.2. The highest BCUT2D eigenvalue weighted by Gasteiger charge is 2.41. The Morgan fingerprint density at radius 3 is 2.90 bits per heavy atom. The number of carbonyl (C=O) groups is 1. The Labute approximate surface area is 127 Å². The lowest BCUT2D eigenvalue weighted by Crippen LogP contribution is -2.50. The first-order chi connectivity index (χ1) is 10.1. The number of nitrogens with zero attached hydrogens (tertiary/aromatic N) is 1. The third kappa shape index (κ3) is 2.84. The number of hydrogen-bond donors (Lipinski definition) is 1. The Balaban J connectivity index is 1.84. The van der Waals surface area contributed by atoms with Crippen LogP contribution in [0.2, 0.25) is 0 Å². The van der Waals surface area contributed by atoms with Crippen molar-refractivity contribution in [2.24, 2.45) is 5.73 Å². The SMILES string of the molecule is C[C@H](N)CC(=O)N1CCC[C@]2(CCCc3ccccc32)C1. The maximum atomic E-state index is 12.4. The minimum Gasteiger partial charge on any atom is -0.342 e. The number of piperidine rings is 1. The van der Waals surface area contributed by atoms with Crippen molar-refractivity contribution < 1.29 is 4.79 Å². The maximum absolute atomic E-state index is 12.4. The van der Waals surface area contributed by atoms with Gasteiger partial charge in [-0.3, -0.25) is 4.79 Å². The summed E-state index contributed by atoms with van der Waals surface area (Å²) in [5, 5.41) is 0. The van der Waals surface area contributed by atoms with Crippen LogP contribution in [0.25, 0.3) is 0 Å². The first-order valence-electron chi connectivity index (χ1n) is 8.22. The molecular weight excluding hydrogens is 260 g/mol. The molecule has 0 bridgehead atoms. The number of rotatable bonds is 2. The molecule has 1 heterocycles. The molecule has 1 saturated heterocycles. The molecule has 2 N–H and O–H groups in total. The number of hydrogen-bond acceptors (Lipinski definition) is 2. The van der Waals surface area contributed by atoms with Crippen molar-refractivity contribution in [3.8, 4) is 0 Å². The van der Waals surface area contributed by atoms with Gasteiger partial charge >= 0.3 is 0 Å². The molecule has 114 valence electrons. The summed E-state index contributed by atoms with van der Waals surface area (Å²) in [5.41, 5.74) is 8.98. The van der Waals surface area contributed by atoms with Gasteiger partial charge in [0, 0.05) is 31.0 Å². The minimum atomic E-state index is -0.0472. The van der Waals surface area contributed by atoms with Crippen LogP contribution in [0.1, 0.15) is 50.2 Å². The summed E-state index contributed by atoms with van der Waals surface area (Å²) in [5.74, 6) is 0.229. The van der Waals surface area contributed by atoms with Gasteiger partial charge in [-0.15, -0.1) is 0 Å². The number of amides is 1. The molecule has 1 spiro atoms. The van der Waals surface area contributed by atoms with Gasteiger partial charge < -0.3 is 10.6 Å². The van der Waals surface area contributed by atoms with Crippen molar-refractivity contribution in [1.82, 2.24) is 4.90 Å². The maximum Gasteiger partial charge on any atom is 0.224 e. The van der Waals surface area contributed by atoms with Crippen LogP contribution in [-0.2, 0) is 16.6 Å². The second-order valence-corrected chi connectivity index (χ2v) is 6.89. The molecule has 0 radical (unpaired) electrons. The zero-order valence-electron chi connectivity index (χ0n) is 13.0. The molecule has 0 saturated carbocycles. The molecule has 0 unspecified atom stereocenters. The minimum absolute atomic E-state index is 0.0472. The number of carbonyl (C=O) groups excluding carboxylic acids is 1. The van der Waals surface area contributed by atoms with E-state index in [1.165, 1.54) is 36.8 Å². The second kappa shape index (κ2) is 5.80. The molecule has 1 aromatic carbocycles. The van der Waals surface area contributed by atoms with Crippen LogP contribution < -0.4 is 5.73 Å². The Morgan fingerprint density at radius 1 is 1.33 bits per heavy atom. The van der Waals surface area contributed by atoms with Gasteiger partial charge in [0.15, 0.2) is 0 Å². The molecule has 1 aliphatic carbocycles. The van der Waals surface area contributed by atoms with E-state index in [4.69, 9.17) is 5.73 Å². The van der Waals surface area contributed by atoms with Gasteiger partial charge in [0.2, 0.25) is 5.91 Å². The summed E-state index contributed by atoms with van der Waals surface area (Å²) in [6.45, 7) is 3.69. The van der Waals surface area contributed by atoms with Gasteiger partial charge in [0.05, 0.1) is 0 Å². The van der Waals surface area contributed by atoms with Crippen LogP contribution in [0.5, 0.6) is 0 Å². The predicted octanol–water partition coefficient (Wildman–Crippen LogP) is 2.62. The van der Waals surface area contributed by atoms with Crippen molar-refractivity contribution in [3.05, 3.63) is 35.4 Å². The number of benzene rings is 1. The monoisotopic (exact) mass is 286 g/mol. The van der Waals surface area contributed by atoms with Gasteiger partial charge in [0.25, 0.3) is 0 Å². The third-order valence-electron chi connectivity index (χ3n) is 5.12. The molecule has 2 atom stereocenters. The second-order valence-electron chi connectivity index (χ2n) is 6.89. The number of likely N-dealkylation sites (tertiary alicyclic amines) is 1. The standard InChI is InChI=1S/C18H26N2O/c1-14(19)12-17(21)20-11-5-10-18(13-20)9-4-7-15-6-2-3-8-16(15)18/h2-3,6,8,14H,4-5,7,9-13,19H2,1H3/t14-,18+/m0/s1. The summed E-state index contributed by atoms with van der Waals surface area (Å²) < 4.78 is 0. The summed E-state index contributed by atoms with van der Waals surface area (Å²) >= 11 is 0. The van der Waals surface area contributed by atoms with Crippen molar-refractivity contribution in [1.29, 1.82) is 0 Å². The van der Waals surface area contributed by atoms with Crippen molar-refractivity contribution in [2.75, 3.05) is 13.1 Å². The van der Waals surface area contributed by atoms with E-state index < -0.39 is 0 Å². The van der Waals surface area contributed by atoms with E-state index in [9.17, 15) is 4.79 Å². The van der Waals surface area contributed by atoms with E-state index in [1.807, 2.05) is 6.92 Å². The first-order valence-corrected chi connectivity index (χ1v) is 8.22. The lowest BCUT2D eigenvalue weighted by molar-refractivity contribution is -0.133. The van der Waals surface area contributed by atoms with E-state index in [0.717, 1.165) is 19.5 Å². The van der Waals surface area contributed by atoms with Crippen LogP contribution in [0.15, 0.2) is 24.3 Å². The molecule has 1 aliphatic heterocycles. The molecule has 1 aromatic rings. The summed E-state index contributed by atoms with van der Waals surface area (Å²) in [4.78, 5) is 14.5. The molecular formula is C18H26N2O. The predicted molar refractivity (Wildman–Crippen MR) is 85.1 cm³/mol. The van der Waals surface area contributed by atoms with E-state index in [0.29, 0.717) is 6.42 Å². The lowest BCUT2D eigenvalue weighted by atomic mass is 9.66. The summed E-state index contributed by atoms with van der Waals surface area (Å²) in [6.07, 6.45) is 6.44. The van der Waals surface area contributed by atoms with Gasteiger partial charge in [-0.25, -0.2) is 0 Å². The van der Waals surface area contributed by atoms with E-state index in [2.05, 4.69) is 29.2 Å². The van der Waals surface area contributed by atoms with Crippen LogP contribution in [0.3, 0.4) is 0 Å². The van der Waals surface area contributed by atoms with Crippen LogP contribution in [-0.4, -0.2) is 29.9 Å². The largest absolute Gasteiger partial charge is 0.342 e. The number of aryl methyl sites for hydroxylation is 1. The number of fused-ring (bicyclic) bond motifs is 2. The zero-order chi connectivity index (χ0) is 14.9. The summed E-state index contributed by atoms with van der Waals surface area (Å²) in [7, 11) is 0. The van der Waals surface area contributed by atoms with Crippen LogP contribution in [0, 0.1) is 0 Å². The van der Waals surface area contributed by atoms with E-state index >= 15 is 0 Å². The highest BCUT2D eigenvalue weighted by Crippen LogP contribution is 2.43. The fraction of sp³-hybridized carbons (Fsp3) is 0.611. The van der Waals surface area contributed by atoms with Gasteiger partial charge in [-0.05, 0) is 50.2 Å². The average molecular weight is 286 g/mol. The Hall–Kier alpha value is -1.35. The Kier molecular flexibility index (Phi) is 4.03. The quantitative estimate of drug-likeness (QED) is 0.908. The van der Waals surface area contributed by atoms with Crippen LogP contribution >= 0.6 is 0 Å². The molecule has 0 aromatic heterocycles. The molecule has 3 nitrogen and oxygen atoms in total. The van der Waals surface area contributed by atoms with Gasteiger partial charge in [-0.1, -0.05) is 24.3 Å². The van der Waals surface area contributed by atoms with Crippen LogP contribution in [0.4, 0.5) is 0 Å². The molecule has 21 heavy (non-hydrogen) atoms. The van der Waals surface area contributed by atoms with Gasteiger partial charge in [0.1, 0.15) is 0 Å². The molecule has 3 heteroatoms. The normalized spacial score (nSPS) is 26.5. The smallest absolute Gasteiger partial charge is 0.224 e. The molecule has 1 fully saturated rings. The van der Waals surface area contributed by atoms with Gasteiger partial charge in [-0.2, -0.15) is 0 Å². The van der Waals surface area contributed by atoms with Crippen molar-refractivity contribution in [3.63, 3.8) is 0 Å². The molecule has 1 amide bonds. The van der Waals surface area contributed by atoms with Crippen molar-refractivity contribution >= 4 is 5.91 Å². The van der Waals surface area contributed by atoms with E-state index in [-0.39, 0.29) is 17.4 Å². The average Bonchev–Trinajstić information content (AvgIpc) is 2.47. The Morgan fingerprint density at radius 2 is 2.10 bits per heavy atom. The third-order valence-corrected chi connectivity index (χ3v) is 5.12. The Bertz CT molecular complexity index is 526. The topological polar surface area (TPSA) is 46.3 Å². The molecule has 2 aliphatic rings. The first kappa shape index (κ1) is 14.6. The fourth-order valence-electron chi connectivity index (χ4n) is 4.18. The zero-order valence-corrected chi connectivity index (χ0v) is 13.0. The fourth-order valence-corrected chi connectivity index (χ4v) is 4.18. The highest BCUT2D eigenvalue weighted by molar-refractivity contribution is 5.77. The lowest BCUT2D eigenvalue weighted by Gasteiger charge is -2.46. The molecule has 3 rings (SSSR count). The number of nitrogens with two attached hydrogens (primary N) is 1.